The van der Waals surface area contributed by atoms with E-state index in [2.05, 4.69) is 24.7 Å². The summed E-state index contributed by atoms with van der Waals surface area (Å²) in [6.45, 7) is 8.46. The van der Waals surface area contributed by atoms with Crippen LogP contribution in [0.5, 0.6) is 5.75 Å². The monoisotopic (exact) mass is 403 g/mol. The molecule has 26 heavy (non-hydrogen) atoms. The van der Waals surface area contributed by atoms with E-state index in [4.69, 9.17) is 17.0 Å². The van der Waals surface area contributed by atoms with Gasteiger partial charge in [-0.05, 0) is 37.3 Å². The van der Waals surface area contributed by atoms with Gasteiger partial charge in [0.25, 0.3) is 0 Å². The van der Waals surface area contributed by atoms with Gasteiger partial charge < -0.3 is 20.3 Å². The first-order valence-electron chi connectivity index (χ1n) is 8.87. The minimum Gasteiger partial charge on any atom is -0.492 e. The molecule has 0 fully saturated rings. The van der Waals surface area contributed by atoms with E-state index >= 15 is 0 Å². The Morgan fingerprint density at radius 2 is 1.88 bits per heavy atom. The molecule has 0 amide bonds. The number of rotatable bonds is 10. The molecule has 0 aliphatic rings. The lowest BCUT2D eigenvalue weighted by atomic mass is 10.3. The molecule has 0 bridgehead atoms. The van der Waals surface area contributed by atoms with E-state index in [0.717, 1.165) is 13.1 Å². The van der Waals surface area contributed by atoms with Crippen LogP contribution in [0, 0.1) is 0 Å². The molecule has 1 aromatic rings. The number of nitrogens with zero attached hydrogens (tertiary/aromatic N) is 1. The second kappa shape index (κ2) is 10.7. The van der Waals surface area contributed by atoms with E-state index < -0.39 is 10.0 Å². The van der Waals surface area contributed by atoms with Gasteiger partial charge in [-0.25, -0.2) is 8.42 Å². The Morgan fingerprint density at radius 1 is 1.23 bits per heavy atom. The number of nitrogens with one attached hydrogen (secondary N) is 3. The van der Waals surface area contributed by atoms with Gasteiger partial charge in [-0.3, -0.25) is 0 Å². The Kier molecular flexibility index (Phi) is 9.28. The minimum atomic E-state index is -3.55. The summed E-state index contributed by atoms with van der Waals surface area (Å²) in [5, 5.41) is 6.61. The first-order chi connectivity index (χ1) is 12.3. The molecule has 0 radical (unpaired) electrons. The third-order valence-corrected chi connectivity index (χ3v) is 6.05. The second-order valence-electron chi connectivity index (χ2n) is 6.02. The topological polar surface area (TPSA) is 75.1 Å². The Morgan fingerprint density at radius 3 is 2.42 bits per heavy atom. The molecule has 1 rings (SSSR count). The lowest BCUT2D eigenvalue weighted by Crippen LogP contribution is -3.06. The van der Waals surface area contributed by atoms with Crippen molar-refractivity contribution in [2.24, 2.45) is 0 Å². The molecule has 0 spiro atoms. The first kappa shape index (κ1) is 22.6. The average molecular weight is 404 g/mol. The second-order valence-corrected chi connectivity index (χ2v) is 8.36. The number of hydrogen-bond donors (Lipinski definition) is 3. The van der Waals surface area contributed by atoms with E-state index in [1.807, 2.05) is 20.8 Å². The normalized spacial score (nSPS) is 11.7. The van der Waals surface area contributed by atoms with E-state index in [1.54, 1.807) is 18.2 Å². The van der Waals surface area contributed by atoms with E-state index in [9.17, 15) is 8.42 Å². The summed E-state index contributed by atoms with van der Waals surface area (Å²) in [5.41, 5.74) is 0.537. The lowest BCUT2D eigenvalue weighted by molar-refractivity contribution is -0.856. The van der Waals surface area contributed by atoms with Gasteiger partial charge in [0.2, 0.25) is 10.0 Å². The highest BCUT2D eigenvalue weighted by Crippen LogP contribution is 2.29. The molecule has 148 valence electrons. The number of anilines is 1. The Bertz CT molecular complexity index is 689. The molecular formula is C17H31N4O3S2+. The van der Waals surface area contributed by atoms with E-state index in [-0.39, 0.29) is 4.90 Å². The predicted molar refractivity (Wildman–Crippen MR) is 110 cm³/mol. The Hall–Kier alpha value is -1.42. The summed E-state index contributed by atoms with van der Waals surface area (Å²) in [4.78, 5) is 1.52. The third-order valence-electron chi connectivity index (χ3n) is 3.75. The Labute approximate surface area is 162 Å². The van der Waals surface area contributed by atoms with Gasteiger partial charge in [0.1, 0.15) is 5.75 Å². The maximum absolute atomic E-state index is 12.8. The van der Waals surface area contributed by atoms with Crippen LogP contribution >= 0.6 is 12.2 Å². The number of hydrogen-bond acceptors (Lipinski definition) is 4. The zero-order chi connectivity index (χ0) is 19.7. The summed E-state index contributed by atoms with van der Waals surface area (Å²) in [6.07, 6.45) is 0. The Balaban J connectivity index is 3.06. The quantitative estimate of drug-likeness (QED) is 0.496. The number of thiocarbonyl (C=S) groups is 1. The average Bonchev–Trinajstić information content (AvgIpc) is 2.57. The number of likely N-dealkylation sites (N-methyl/N-ethyl adjacent to an activating group) is 1. The fourth-order valence-electron chi connectivity index (χ4n) is 2.35. The van der Waals surface area contributed by atoms with Crippen LogP contribution < -0.4 is 20.3 Å². The van der Waals surface area contributed by atoms with Crippen molar-refractivity contribution in [2.45, 2.75) is 25.7 Å². The SMILES string of the molecule is CCOc1ccc(S(=O)(=O)N(CC)CC)cc1NC(=S)NCC[NH+](C)C. The van der Waals surface area contributed by atoms with Crippen LogP contribution in [0.15, 0.2) is 23.1 Å². The van der Waals surface area contributed by atoms with Crippen LogP contribution in [-0.4, -0.2) is 64.7 Å². The molecule has 3 N–H and O–H groups in total. The van der Waals surface area contributed by atoms with Gasteiger partial charge in [-0.2, -0.15) is 4.31 Å². The third kappa shape index (κ3) is 6.39. The molecule has 1 aromatic carbocycles. The number of sulfonamides is 1. The highest BCUT2D eigenvalue weighted by Gasteiger charge is 2.23. The molecule has 0 atom stereocenters. The van der Waals surface area contributed by atoms with Gasteiger partial charge in [0.15, 0.2) is 5.11 Å². The predicted octanol–water partition coefficient (Wildman–Crippen LogP) is 0.547. The van der Waals surface area contributed by atoms with Crippen LogP contribution in [0.3, 0.4) is 0 Å². The largest absolute Gasteiger partial charge is 0.492 e. The van der Waals surface area contributed by atoms with Crippen LogP contribution in [0.25, 0.3) is 0 Å². The van der Waals surface area contributed by atoms with Crippen molar-refractivity contribution in [3.63, 3.8) is 0 Å². The van der Waals surface area contributed by atoms with Crippen molar-refractivity contribution in [3.05, 3.63) is 18.2 Å². The van der Waals surface area contributed by atoms with Crippen LogP contribution in [0.4, 0.5) is 5.69 Å². The molecule has 0 saturated heterocycles. The van der Waals surface area contributed by atoms with Gasteiger partial charge in [0, 0.05) is 13.1 Å². The van der Waals surface area contributed by atoms with Crippen molar-refractivity contribution >= 4 is 33.0 Å². The minimum absolute atomic E-state index is 0.215. The molecule has 7 nitrogen and oxygen atoms in total. The molecule has 0 unspecified atom stereocenters. The molecule has 0 saturated carbocycles. The van der Waals surface area contributed by atoms with Crippen molar-refractivity contribution in [3.8, 4) is 5.75 Å². The van der Waals surface area contributed by atoms with Crippen molar-refractivity contribution < 1.29 is 18.1 Å². The summed E-state index contributed by atoms with van der Waals surface area (Å²) in [6, 6.07) is 4.80. The standard InChI is InChI=1S/C17H30N4O3S2/c1-6-21(7-2)26(22,23)14-9-10-16(24-8-3)15(13-14)19-17(25)18-11-12-20(4)5/h9-10,13H,6-8,11-12H2,1-5H3,(H2,18,19,25)/p+1. The first-order valence-corrected chi connectivity index (χ1v) is 10.7. The van der Waals surface area contributed by atoms with Gasteiger partial charge in [0.05, 0.1) is 44.4 Å². The van der Waals surface area contributed by atoms with Gasteiger partial charge in [-0.1, -0.05) is 13.8 Å². The van der Waals surface area contributed by atoms with Crippen molar-refractivity contribution in [1.29, 1.82) is 0 Å². The van der Waals surface area contributed by atoms with E-state index in [0.29, 0.717) is 36.2 Å². The number of ether oxygens (including phenoxy) is 1. The molecule has 0 aliphatic heterocycles. The van der Waals surface area contributed by atoms with Gasteiger partial charge >= 0.3 is 0 Å². The maximum atomic E-state index is 12.8. The highest BCUT2D eigenvalue weighted by atomic mass is 32.2. The van der Waals surface area contributed by atoms with E-state index in [1.165, 1.54) is 9.21 Å². The fraction of sp³-hybridized carbons (Fsp3) is 0.588. The molecule has 9 heteroatoms. The van der Waals surface area contributed by atoms with Crippen LogP contribution in [-0.2, 0) is 10.0 Å². The summed E-state index contributed by atoms with van der Waals surface area (Å²) in [5.74, 6) is 0.563. The number of quaternary nitrogens is 1. The highest BCUT2D eigenvalue weighted by molar-refractivity contribution is 7.89. The number of benzene rings is 1. The molecular weight excluding hydrogens is 372 g/mol. The fourth-order valence-corrected chi connectivity index (χ4v) is 4.05. The molecule has 0 aromatic heterocycles. The lowest BCUT2D eigenvalue weighted by Gasteiger charge is -2.20. The summed E-state index contributed by atoms with van der Waals surface area (Å²) < 4.78 is 32.5. The summed E-state index contributed by atoms with van der Waals surface area (Å²) >= 11 is 5.32. The molecule has 0 aliphatic carbocycles. The summed E-state index contributed by atoms with van der Waals surface area (Å²) in [7, 11) is 0.576. The smallest absolute Gasteiger partial charge is 0.243 e. The van der Waals surface area contributed by atoms with Crippen molar-refractivity contribution in [2.75, 3.05) is 52.2 Å². The van der Waals surface area contributed by atoms with Crippen molar-refractivity contribution in [1.82, 2.24) is 9.62 Å². The molecule has 0 heterocycles. The van der Waals surface area contributed by atoms with Crippen LogP contribution in [0.1, 0.15) is 20.8 Å². The zero-order valence-electron chi connectivity index (χ0n) is 16.3. The maximum Gasteiger partial charge on any atom is 0.243 e. The zero-order valence-corrected chi connectivity index (χ0v) is 17.9. The van der Waals surface area contributed by atoms with Gasteiger partial charge in [-0.15, -0.1) is 0 Å². The van der Waals surface area contributed by atoms with Crippen LogP contribution in [0.2, 0.25) is 0 Å².